The normalized spacial score (nSPS) is 14.9. The number of rotatable bonds is 4. The van der Waals surface area contributed by atoms with Gasteiger partial charge in [-0.1, -0.05) is 17.7 Å². The van der Waals surface area contributed by atoms with Crippen molar-refractivity contribution in [3.63, 3.8) is 0 Å². The Morgan fingerprint density at radius 3 is 2.74 bits per heavy atom. The first kappa shape index (κ1) is 17.3. The van der Waals surface area contributed by atoms with E-state index in [0.717, 1.165) is 12.8 Å². The number of anilines is 1. The van der Waals surface area contributed by atoms with Crippen molar-refractivity contribution in [2.45, 2.75) is 18.9 Å². The Balaban J connectivity index is 2.03. The smallest absolute Gasteiger partial charge is 0.405 e. The van der Waals surface area contributed by atoms with Crippen LogP contribution in [0.4, 0.5) is 10.6 Å². The minimum absolute atomic E-state index is 0.0811. The predicted molar refractivity (Wildman–Crippen MR) is 101 cm³/mol. The summed E-state index contributed by atoms with van der Waals surface area (Å²) in [5.41, 5.74) is 6.13. The average Bonchev–Trinajstić information content (AvgIpc) is 3.45. The van der Waals surface area contributed by atoms with Crippen molar-refractivity contribution in [3.8, 4) is 5.69 Å². The lowest BCUT2D eigenvalue weighted by Crippen LogP contribution is -2.35. The van der Waals surface area contributed by atoms with Crippen LogP contribution in [0.2, 0.25) is 5.02 Å². The number of aromatic nitrogens is 3. The highest BCUT2D eigenvalue weighted by atomic mass is 35.5. The van der Waals surface area contributed by atoms with Crippen LogP contribution in [0.25, 0.3) is 16.6 Å². The summed E-state index contributed by atoms with van der Waals surface area (Å²) in [6, 6.07) is 7.60. The standard InChI is InChI=1S/C18H16ClN5O3/c19-11-2-1-3-12-14(11)17(25)24(10-6-7-13(20)21-8-10)16(22-12)15(9-4-5-9)23-18(26)27/h1-3,6-9,15,23H,4-5H2,(H2,20,21)(H,26,27). The van der Waals surface area contributed by atoms with E-state index in [1.807, 2.05) is 0 Å². The van der Waals surface area contributed by atoms with Gasteiger partial charge in [-0.15, -0.1) is 0 Å². The van der Waals surface area contributed by atoms with Gasteiger partial charge in [0.25, 0.3) is 5.56 Å². The number of nitrogen functional groups attached to an aromatic ring is 1. The first-order valence-corrected chi connectivity index (χ1v) is 8.76. The maximum absolute atomic E-state index is 13.3. The molecule has 8 nitrogen and oxygen atoms in total. The van der Waals surface area contributed by atoms with Crippen molar-refractivity contribution < 1.29 is 9.90 Å². The maximum Gasteiger partial charge on any atom is 0.405 e. The van der Waals surface area contributed by atoms with Crippen molar-refractivity contribution in [1.29, 1.82) is 0 Å². The lowest BCUT2D eigenvalue weighted by Gasteiger charge is -2.21. The second-order valence-corrected chi connectivity index (χ2v) is 6.86. The monoisotopic (exact) mass is 385 g/mol. The molecule has 1 aromatic carbocycles. The van der Waals surface area contributed by atoms with Gasteiger partial charge in [-0.2, -0.15) is 0 Å². The molecule has 0 spiro atoms. The van der Waals surface area contributed by atoms with Crippen LogP contribution in [-0.4, -0.2) is 25.7 Å². The Hall–Kier alpha value is -3.13. The molecule has 27 heavy (non-hydrogen) atoms. The fourth-order valence-corrected chi connectivity index (χ4v) is 3.40. The van der Waals surface area contributed by atoms with Crippen molar-refractivity contribution >= 4 is 34.4 Å². The molecule has 0 aliphatic heterocycles. The number of nitrogens with zero attached hydrogens (tertiary/aromatic N) is 3. The molecule has 1 fully saturated rings. The highest BCUT2D eigenvalue weighted by molar-refractivity contribution is 6.35. The van der Waals surface area contributed by atoms with Gasteiger partial charge < -0.3 is 16.2 Å². The number of amides is 1. The minimum atomic E-state index is -1.17. The highest BCUT2D eigenvalue weighted by Crippen LogP contribution is 2.41. The first-order valence-electron chi connectivity index (χ1n) is 8.38. The van der Waals surface area contributed by atoms with E-state index in [1.165, 1.54) is 10.8 Å². The number of carboxylic acid groups (broad SMARTS) is 1. The van der Waals surface area contributed by atoms with Gasteiger partial charge in [-0.05, 0) is 43.0 Å². The van der Waals surface area contributed by atoms with Gasteiger partial charge in [0.1, 0.15) is 11.6 Å². The van der Waals surface area contributed by atoms with E-state index >= 15 is 0 Å². The third-order valence-electron chi connectivity index (χ3n) is 4.55. The van der Waals surface area contributed by atoms with E-state index in [0.29, 0.717) is 22.8 Å². The SMILES string of the molecule is Nc1ccc(-n2c(C(NC(=O)O)C3CC3)nc3cccc(Cl)c3c2=O)cn1. The largest absolute Gasteiger partial charge is 0.465 e. The molecular weight excluding hydrogens is 370 g/mol. The van der Waals surface area contributed by atoms with Crippen LogP contribution in [0.3, 0.4) is 0 Å². The molecule has 1 saturated carbocycles. The third-order valence-corrected chi connectivity index (χ3v) is 4.87. The molecular formula is C18H16ClN5O3. The van der Waals surface area contributed by atoms with E-state index < -0.39 is 12.1 Å². The van der Waals surface area contributed by atoms with Crippen molar-refractivity contribution in [2.75, 3.05) is 5.73 Å². The number of benzene rings is 1. The summed E-state index contributed by atoms with van der Waals surface area (Å²) >= 11 is 6.24. The van der Waals surface area contributed by atoms with Crippen LogP contribution >= 0.6 is 11.6 Å². The fraction of sp³-hybridized carbons (Fsp3) is 0.222. The number of fused-ring (bicyclic) bond motifs is 1. The Kier molecular flexibility index (Phi) is 4.19. The van der Waals surface area contributed by atoms with Gasteiger partial charge in [0, 0.05) is 0 Å². The zero-order valence-electron chi connectivity index (χ0n) is 14.1. The quantitative estimate of drug-likeness (QED) is 0.634. The second-order valence-electron chi connectivity index (χ2n) is 6.45. The molecule has 3 aromatic rings. The van der Waals surface area contributed by atoms with Crippen molar-refractivity contribution in [2.24, 2.45) is 5.92 Å². The van der Waals surface area contributed by atoms with Crippen LogP contribution in [0.1, 0.15) is 24.7 Å². The zero-order chi connectivity index (χ0) is 19.1. The molecule has 0 radical (unpaired) electrons. The van der Waals surface area contributed by atoms with E-state index in [4.69, 9.17) is 17.3 Å². The molecule has 1 aliphatic carbocycles. The van der Waals surface area contributed by atoms with Gasteiger partial charge in [0.05, 0.1) is 33.9 Å². The van der Waals surface area contributed by atoms with Crippen LogP contribution < -0.4 is 16.6 Å². The number of hydrogen-bond donors (Lipinski definition) is 3. The van der Waals surface area contributed by atoms with Crippen molar-refractivity contribution in [1.82, 2.24) is 19.9 Å². The minimum Gasteiger partial charge on any atom is -0.465 e. The Labute approximate surface area is 158 Å². The van der Waals surface area contributed by atoms with Gasteiger partial charge in [0.15, 0.2) is 0 Å². The third kappa shape index (κ3) is 3.19. The van der Waals surface area contributed by atoms with E-state index in [9.17, 15) is 14.7 Å². The zero-order valence-corrected chi connectivity index (χ0v) is 14.8. The van der Waals surface area contributed by atoms with E-state index in [-0.39, 0.29) is 21.9 Å². The number of pyridine rings is 1. The number of hydrogen-bond acceptors (Lipinski definition) is 5. The van der Waals surface area contributed by atoms with Crippen LogP contribution in [0.15, 0.2) is 41.3 Å². The summed E-state index contributed by atoms with van der Waals surface area (Å²) < 4.78 is 1.36. The Bertz CT molecular complexity index is 1090. The average molecular weight is 386 g/mol. The van der Waals surface area contributed by atoms with E-state index in [2.05, 4.69) is 15.3 Å². The molecule has 2 heterocycles. The molecule has 4 rings (SSSR count). The molecule has 1 amide bonds. The summed E-state index contributed by atoms with van der Waals surface area (Å²) in [7, 11) is 0. The van der Waals surface area contributed by atoms with Crippen LogP contribution in [0, 0.1) is 5.92 Å². The topological polar surface area (TPSA) is 123 Å². The molecule has 0 bridgehead atoms. The van der Waals surface area contributed by atoms with Gasteiger partial charge in [0.2, 0.25) is 0 Å². The Morgan fingerprint density at radius 2 is 2.11 bits per heavy atom. The number of halogens is 1. The molecule has 2 aromatic heterocycles. The van der Waals surface area contributed by atoms with E-state index in [1.54, 1.807) is 30.3 Å². The number of nitrogens with one attached hydrogen (secondary N) is 1. The molecule has 1 atom stereocenters. The van der Waals surface area contributed by atoms with Crippen LogP contribution in [0.5, 0.6) is 0 Å². The predicted octanol–water partition coefficient (Wildman–Crippen LogP) is 2.74. The van der Waals surface area contributed by atoms with Gasteiger partial charge >= 0.3 is 6.09 Å². The fourth-order valence-electron chi connectivity index (χ4n) is 3.15. The molecule has 1 unspecified atom stereocenters. The first-order chi connectivity index (χ1) is 13.0. The summed E-state index contributed by atoms with van der Waals surface area (Å²) in [6.07, 6.45) is 1.99. The molecule has 138 valence electrons. The molecule has 0 saturated heterocycles. The number of carbonyl (C=O) groups is 1. The number of nitrogens with two attached hydrogens (primary N) is 1. The summed E-state index contributed by atoms with van der Waals surface area (Å²) in [5, 5.41) is 12.3. The van der Waals surface area contributed by atoms with Crippen LogP contribution in [-0.2, 0) is 0 Å². The molecule has 4 N–H and O–H groups in total. The second kappa shape index (κ2) is 6.55. The highest BCUT2D eigenvalue weighted by Gasteiger charge is 2.37. The molecule has 9 heteroatoms. The summed E-state index contributed by atoms with van der Waals surface area (Å²) in [5.74, 6) is 0.700. The lowest BCUT2D eigenvalue weighted by molar-refractivity contribution is 0.187. The van der Waals surface area contributed by atoms with Crippen molar-refractivity contribution in [3.05, 3.63) is 57.7 Å². The molecule has 1 aliphatic rings. The summed E-state index contributed by atoms with van der Waals surface area (Å²) in [4.78, 5) is 33.3. The summed E-state index contributed by atoms with van der Waals surface area (Å²) in [6.45, 7) is 0. The Morgan fingerprint density at radius 1 is 1.33 bits per heavy atom. The van der Waals surface area contributed by atoms with Gasteiger partial charge in [-0.3, -0.25) is 9.36 Å². The maximum atomic E-state index is 13.3. The van der Waals surface area contributed by atoms with Gasteiger partial charge in [-0.25, -0.2) is 14.8 Å². The lowest BCUT2D eigenvalue weighted by atomic mass is 10.1.